The van der Waals surface area contributed by atoms with Gasteiger partial charge in [0, 0.05) is 5.56 Å². The Kier molecular flexibility index (Phi) is 5.28. The Bertz CT molecular complexity index is 582. The average molecular weight is 284 g/mol. The largest absolute Gasteiger partial charge is 0.486 e. The molecule has 1 unspecified atom stereocenters. The number of aliphatic hydroxyl groups excluding tert-OH is 1. The lowest BCUT2D eigenvalue weighted by Gasteiger charge is -2.12. The van der Waals surface area contributed by atoms with Gasteiger partial charge in [0.1, 0.15) is 12.4 Å². The quantitative estimate of drug-likeness (QED) is 0.884. The minimum Gasteiger partial charge on any atom is -0.486 e. The second kappa shape index (κ2) is 7.18. The van der Waals surface area contributed by atoms with Crippen LogP contribution in [-0.4, -0.2) is 15.3 Å². The third kappa shape index (κ3) is 4.02. The Morgan fingerprint density at radius 3 is 2.62 bits per heavy atom. The van der Waals surface area contributed by atoms with E-state index in [2.05, 4.69) is 23.5 Å². The van der Waals surface area contributed by atoms with Crippen LogP contribution in [0.25, 0.3) is 11.3 Å². The summed E-state index contributed by atoms with van der Waals surface area (Å²) >= 11 is 0. The predicted octanol–water partition coefficient (Wildman–Crippen LogP) is 3.35. The van der Waals surface area contributed by atoms with E-state index in [4.69, 9.17) is 9.84 Å². The molecular formula is C17H20N2O2. The zero-order chi connectivity index (χ0) is 15.2. The van der Waals surface area contributed by atoms with Gasteiger partial charge in [0.15, 0.2) is 0 Å². The number of aryl methyl sites for hydroxylation is 1. The molecule has 1 atom stereocenters. The maximum absolute atomic E-state index is 8.98. The van der Waals surface area contributed by atoms with Crippen LogP contribution in [0.3, 0.4) is 0 Å². The molecule has 1 N–H and O–H groups in total. The monoisotopic (exact) mass is 284 g/mol. The standard InChI is InChI=1S/C17H20N2O2/c1-4-12(2)11-21-17-8-5-14(9-13(17)3)16-7-6-15(10-20)18-19-16/h4-9,11-12,20H,10H2,1-3H3. The van der Waals surface area contributed by atoms with Crippen molar-refractivity contribution in [1.82, 2.24) is 10.2 Å². The molecule has 2 rings (SSSR count). The summed E-state index contributed by atoms with van der Waals surface area (Å²) in [4.78, 5) is 0. The van der Waals surface area contributed by atoms with E-state index in [1.807, 2.05) is 44.7 Å². The Balaban J connectivity index is 2.14. The topological polar surface area (TPSA) is 55.2 Å². The average Bonchev–Trinajstić information content (AvgIpc) is 2.53. The maximum atomic E-state index is 8.98. The normalized spacial score (nSPS) is 12.2. The van der Waals surface area contributed by atoms with Crippen LogP contribution < -0.4 is 4.74 Å². The summed E-state index contributed by atoms with van der Waals surface area (Å²) < 4.78 is 5.69. The van der Waals surface area contributed by atoms with Crippen LogP contribution in [-0.2, 0) is 6.61 Å². The second-order valence-electron chi connectivity index (χ2n) is 4.99. The van der Waals surface area contributed by atoms with Crippen LogP contribution in [0.5, 0.6) is 5.75 Å². The van der Waals surface area contributed by atoms with E-state index in [9.17, 15) is 0 Å². The first-order chi connectivity index (χ1) is 10.1. The molecule has 0 amide bonds. The molecule has 4 nitrogen and oxygen atoms in total. The molecule has 0 aliphatic rings. The number of benzene rings is 1. The number of rotatable bonds is 6. The van der Waals surface area contributed by atoms with Crippen molar-refractivity contribution in [3.05, 3.63) is 54.6 Å². The van der Waals surface area contributed by atoms with Crippen LogP contribution in [0.4, 0.5) is 0 Å². The highest BCUT2D eigenvalue weighted by molar-refractivity contribution is 5.61. The van der Waals surface area contributed by atoms with Crippen LogP contribution >= 0.6 is 0 Å². The highest BCUT2D eigenvalue weighted by Crippen LogP contribution is 2.26. The summed E-state index contributed by atoms with van der Waals surface area (Å²) in [5.74, 6) is 1.15. The van der Waals surface area contributed by atoms with Crippen molar-refractivity contribution >= 4 is 0 Å². The van der Waals surface area contributed by atoms with Gasteiger partial charge in [0.25, 0.3) is 0 Å². The fourth-order valence-electron chi connectivity index (χ4n) is 1.80. The van der Waals surface area contributed by atoms with Crippen molar-refractivity contribution in [2.45, 2.75) is 27.4 Å². The number of aliphatic hydroxyl groups is 1. The highest BCUT2D eigenvalue weighted by Gasteiger charge is 2.07. The first-order valence-corrected chi connectivity index (χ1v) is 6.98. The number of nitrogens with zero attached hydrogens (tertiary/aromatic N) is 2. The van der Waals surface area contributed by atoms with E-state index in [1.54, 1.807) is 6.07 Å². The van der Waals surface area contributed by atoms with Crippen molar-refractivity contribution in [3.8, 4) is 17.0 Å². The molecule has 0 saturated heterocycles. The molecule has 0 saturated carbocycles. The molecule has 2 radical (unpaired) electrons. The summed E-state index contributed by atoms with van der Waals surface area (Å²) in [7, 11) is 0. The van der Waals surface area contributed by atoms with Gasteiger partial charge in [-0.1, -0.05) is 13.8 Å². The van der Waals surface area contributed by atoms with E-state index in [0.717, 1.165) is 22.6 Å². The van der Waals surface area contributed by atoms with Gasteiger partial charge in [-0.15, -0.1) is 0 Å². The van der Waals surface area contributed by atoms with E-state index in [0.29, 0.717) is 11.6 Å². The molecule has 0 spiro atoms. The SMILES string of the molecule is C[CH]C(C)[CH]Oc1ccc(-c2ccc(CO)nn2)cc1C. The molecular weight excluding hydrogens is 264 g/mol. The molecule has 0 fully saturated rings. The fraction of sp³-hybridized carbons (Fsp3) is 0.294. The molecule has 110 valence electrons. The van der Waals surface area contributed by atoms with E-state index >= 15 is 0 Å². The summed E-state index contributed by atoms with van der Waals surface area (Å²) in [6, 6.07) is 9.54. The van der Waals surface area contributed by atoms with Crippen molar-refractivity contribution < 1.29 is 9.84 Å². The van der Waals surface area contributed by atoms with Crippen molar-refractivity contribution in [2.24, 2.45) is 5.92 Å². The minimum absolute atomic E-state index is 0.0957. The Morgan fingerprint density at radius 2 is 2.05 bits per heavy atom. The van der Waals surface area contributed by atoms with Crippen LogP contribution in [0.15, 0.2) is 30.3 Å². The van der Waals surface area contributed by atoms with Gasteiger partial charge in [-0.2, -0.15) is 10.2 Å². The van der Waals surface area contributed by atoms with Gasteiger partial charge in [-0.3, -0.25) is 0 Å². The third-order valence-corrected chi connectivity index (χ3v) is 3.29. The number of hydrogen-bond acceptors (Lipinski definition) is 4. The Morgan fingerprint density at radius 1 is 1.24 bits per heavy atom. The summed E-state index contributed by atoms with van der Waals surface area (Å²) in [5, 5.41) is 17.0. The zero-order valence-electron chi connectivity index (χ0n) is 12.6. The summed E-state index contributed by atoms with van der Waals surface area (Å²) in [5.41, 5.74) is 3.36. The van der Waals surface area contributed by atoms with Crippen LogP contribution in [0.2, 0.25) is 0 Å². The predicted molar refractivity (Wildman–Crippen MR) is 82.2 cm³/mol. The lowest BCUT2D eigenvalue weighted by Crippen LogP contribution is -2.02. The van der Waals surface area contributed by atoms with Crippen molar-refractivity contribution in [3.63, 3.8) is 0 Å². The molecule has 0 aliphatic heterocycles. The number of hydrogen-bond donors (Lipinski definition) is 1. The lowest BCUT2D eigenvalue weighted by molar-refractivity contribution is 0.275. The fourth-order valence-corrected chi connectivity index (χ4v) is 1.80. The number of aromatic nitrogens is 2. The van der Waals surface area contributed by atoms with E-state index in [-0.39, 0.29) is 6.61 Å². The molecule has 2 aromatic rings. The Hall–Kier alpha value is -1.94. The summed E-state index contributed by atoms with van der Waals surface area (Å²) in [6.45, 7) is 7.80. The van der Waals surface area contributed by atoms with Gasteiger partial charge in [-0.25, -0.2) is 0 Å². The summed E-state index contributed by atoms with van der Waals surface area (Å²) in [6.07, 6.45) is 2.07. The minimum atomic E-state index is -0.0957. The highest BCUT2D eigenvalue weighted by atomic mass is 16.5. The van der Waals surface area contributed by atoms with Crippen LogP contribution in [0, 0.1) is 25.9 Å². The van der Waals surface area contributed by atoms with Crippen molar-refractivity contribution in [2.75, 3.05) is 0 Å². The first-order valence-electron chi connectivity index (χ1n) is 6.98. The number of ether oxygens (including phenoxy) is 1. The van der Waals surface area contributed by atoms with E-state index in [1.165, 1.54) is 0 Å². The molecule has 1 aromatic heterocycles. The van der Waals surface area contributed by atoms with Gasteiger partial charge >= 0.3 is 0 Å². The zero-order valence-corrected chi connectivity index (χ0v) is 12.6. The molecule has 1 aromatic carbocycles. The third-order valence-electron chi connectivity index (χ3n) is 3.29. The Labute approximate surface area is 125 Å². The maximum Gasteiger partial charge on any atom is 0.138 e. The smallest absolute Gasteiger partial charge is 0.138 e. The van der Waals surface area contributed by atoms with E-state index < -0.39 is 0 Å². The van der Waals surface area contributed by atoms with Gasteiger partial charge < -0.3 is 9.84 Å². The van der Waals surface area contributed by atoms with Crippen molar-refractivity contribution in [1.29, 1.82) is 0 Å². The lowest BCUT2D eigenvalue weighted by atomic mass is 10.1. The van der Waals surface area contributed by atoms with Gasteiger partial charge in [0.05, 0.1) is 18.0 Å². The molecule has 1 heterocycles. The van der Waals surface area contributed by atoms with Gasteiger partial charge in [-0.05, 0) is 55.2 Å². The second-order valence-corrected chi connectivity index (χ2v) is 4.99. The van der Waals surface area contributed by atoms with Gasteiger partial charge in [0.2, 0.25) is 0 Å². The molecule has 4 heteroatoms. The molecule has 21 heavy (non-hydrogen) atoms. The van der Waals surface area contributed by atoms with Crippen LogP contribution in [0.1, 0.15) is 25.1 Å². The molecule has 0 aliphatic carbocycles. The molecule has 0 bridgehead atoms. The first kappa shape index (κ1) is 15.4.